The first-order valence-corrected chi connectivity index (χ1v) is 6.18. The number of pyridine rings is 2. The van der Waals surface area contributed by atoms with Crippen molar-refractivity contribution in [3.63, 3.8) is 0 Å². The molecule has 0 amide bonds. The number of aromatic nitrogens is 2. The number of aryl methyl sites for hydroxylation is 1. The topological polar surface area (TPSA) is 63.8 Å². The Hall–Kier alpha value is -2.01. The number of hydrogen-bond acceptors (Lipinski definition) is 4. The number of anilines is 1. The van der Waals surface area contributed by atoms with Gasteiger partial charge in [0.05, 0.1) is 17.9 Å². The highest BCUT2D eigenvalue weighted by Crippen LogP contribution is 2.25. The van der Waals surface area contributed by atoms with Crippen LogP contribution in [-0.2, 0) is 0 Å². The van der Waals surface area contributed by atoms with Crippen LogP contribution in [0.3, 0.4) is 0 Å². The third-order valence-corrected chi connectivity index (χ3v) is 2.85. The number of nitrogen functional groups attached to an aromatic ring is 1. The number of hydrogen-bond donors (Lipinski definition) is 2. The van der Waals surface area contributed by atoms with Crippen molar-refractivity contribution in [1.82, 2.24) is 15.3 Å². The molecule has 3 N–H and O–H groups in total. The zero-order chi connectivity index (χ0) is 13.8. The summed E-state index contributed by atoms with van der Waals surface area (Å²) in [4.78, 5) is 8.28. The lowest BCUT2D eigenvalue weighted by Gasteiger charge is -2.19. The summed E-state index contributed by atoms with van der Waals surface area (Å²) in [6, 6.07) is 4.84. The highest BCUT2D eigenvalue weighted by Gasteiger charge is 2.18. The Morgan fingerprint density at radius 2 is 2.11 bits per heavy atom. The fourth-order valence-corrected chi connectivity index (χ4v) is 1.97. The van der Waals surface area contributed by atoms with E-state index in [0.29, 0.717) is 5.82 Å². The van der Waals surface area contributed by atoms with Crippen molar-refractivity contribution in [3.8, 4) is 0 Å². The molecule has 100 valence electrons. The standard InChI is InChI=1S/C14H17FN4/c1-3-17-13(12-5-4-10(15)8-18-12)11-6-9(2)7-19-14(11)16/h4-8,13,17H,3H2,1-2H3,(H2,16,19). The highest BCUT2D eigenvalue weighted by atomic mass is 19.1. The SMILES string of the molecule is CCNC(c1ccc(F)cn1)c1cc(C)cnc1N. The fraction of sp³-hybridized carbons (Fsp3) is 0.286. The van der Waals surface area contributed by atoms with Gasteiger partial charge >= 0.3 is 0 Å². The average molecular weight is 260 g/mol. The molecule has 0 aliphatic rings. The highest BCUT2D eigenvalue weighted by molar-refractivity contribution is 5.46. The molecule has 19 heavy (non-hydrogen) atoms. The fourth-order valence-electron chi connectivity index (χ4n) is 1.97. The van der Waals surface area contributed by atoms with Gasteiger partial charge in [-0.05, 0) is 37.2 Å². The van der Waals surface area contributed by atoms with Gasteiger partial charge in [-0.25, -0.2) is 9.37 Å². The van der Waals surface area contributed by atoms with Crippen molar-refractivity contribution < 1.29 is 4.39 Å². The van der Waals surface area contributed by atoms with Gasteiger partial charge in [0.25, 0.3) is 0 Å². The van der Waals surface area contributed by atoms with E-state index in [0.717, 1.165) is 23.4 Å². The second-order valence-electron chi connectivity index (χ2n) is 4.38. The minimum absolute atomic E-state index is 0.182. The largest absolute Gasteiger partial charge is 0.383 e. The summed E-state index contributed by atoms with van der Waals surface area (Å²) < 4.78 is 13.0. The molecule has 0 bridgehead atoms. The Bertz CT molecular complexity index is 554. The lowest BCUT2D eigenvalue weighted by molar-refractivity contribution is 0.594. The molecule has 0 aliphatic carbocycles. The molecule has 0 saturated heterocycles. The van der Waals surface area contributed by atoms with E-state index in [9.17, 15) is 4.39 Å². The molecule has 2 aromatic rings. The number of nitrogens with zero attached hydrogens (tertiary/aromatic N) is 2. The van der Waals surface area contributed by atoms with Gasteiger partial charge in [0.1, 0.15) is 11.6 Å². The molecule has 1 atom stereocenters. The molecule has 0 spiro atoms. The molecule has 4 nitrogen and oxygen atoms in total. The summed E-state index contributed by atoms with van der Waals surface area (Å²) in [6.45, 7) is 4.70. The van der Waals surface area contributed by atoms with E-state index in [2.05, 4.69) is 15.3 Å². The first-order chi connectivity index (χ1) is 9.11. The second-order valence-corrected chi connectivity index (χ2v) is 4.38. The first-order valence-electron chi connectivity index (χ1n) is 6.18. The summed E-state index contributed by atoms with van der Waals surface area (Å²) in [6.07, 6.45) is 2.93. The molecule has 0 aliphatic heterocycles. The van der Waals surface area contributed by atoms with E-state index in [1.165, 1.54) is 12.3 Å². The average Bonchev–Trinajstić information content (AvgIpc) is 2.40. The lowest BCUT2D eigenvalue weighted by atomic mass is 10.0. The Kier molecular flexibility index (Phi) is 4.06. The third-order valence-electron chi connectivity index (χ3n) is 2.85. The molecule has 2 rings (SSSR count). The summed E-state index contributed by atoms with van der Waals surface area (Å²) in [5.74, 6) is 0.108. The zero-order valence-electron chi connectivity index (χ0n) is 11.0. The van der Waals surface area contributed by atoms with Crippen LogP contribution in [0.2, 0.25) is 0 Å². The normalized spacial score (nSPS) is 12.4. The number of rotatable bonds is 4. The van der Waals surface area contributed by atoms with Gasteiger partial charge in [-0.1, -0.05) is 6.92 Å². The smallest absolute Gasteiger partial charge is 0.141 e. The van der Waals surface area contributed by atoms with Gasteiger partial charge in [-0.15, -0.1) is 0 Å². The molecule has 0 fully saturated rings. The minimum atomic E-state index is -0.352. The minimum Gasteiger partial charge on any atom is -0.383 e. The molecular formula is C14H17FN4. The van der Waals surface area contributed by atoms with Gasteiger partial charge in [-0.3, -0.25) is 4.98 Å². The second kappa shape index (κ2) is 5.75. The molecule has 0 saturated carbocycles. The van der Waals surface area contributed by atoms with Crippen molar-refractivity contribution in [2.45, 2.75) is 19.9 Å². The number of nitrogens with two attached hydrogens (primary N) is 1. The summed E-state index contributed by atoms with van der Waals surface area (Å²) in [5.41, 5.74) is 8.54. The lowest BCUT2D eigenvalue weighted by Crippen LogP contribution is -2.24. The van der Waals surface area contributed by atoms with Crippen LogP contribution in [0.15, 0.2) is 30.6 Å². The predicted octanol–water partition coefficient (Wildman–Crippen LogP) is 2.21. The van der Waals surface area contributed by atoms with Crippen LogP contribution in [0.25, 0.3) is 0 Å². The zero-order valence-corrected chi connectivity index (χ0v) is 11.0. The van der Waals surface area contributed by atoms with Gasteiger partial charge < -0.3 is 11.1 Å². The Labute approximate surface area is 111 Å². The van der Waals surface area contributed by atoms with E-state index in [1.54, 1.807) is 12.3 Å². The van der Waals surface area contributed by atoms with Crippen molar-refractivity contribution in [2.24, 2.45) is 0 Å². The molecule has 2 heterocycles. The maximum Gasteiger partial charge on any atom is 0.141 e. The number of nitrogens with one attached hydrogen (secondary N) is 1. The third kappa shape index (κ3) is 3.06. The molecule has 0 aromatic carbocycles. The van der Waals surface area contributed by atoms with Crippen LogP contribution < -0.4 is 11.1 Å². The van der Waals surface area contributed by atoms with E-state index >= 15 is 0 Å². The van der Waals surface area contributed by atoms with Crippen LogP contribution >= 0.6 is 0 Å². The molecule has 5 heteroatoms. The van der Waals surface area contributed by atoms with E-state index < -0.39 is 0 Å². The van der Waals surface area contributed by atoms with Crippen molar-refractivity contribution in [1.29, 1.82) is 0 Å². The maximum atomic E-state index is 13.0. The Balaban J connectivity index is 2.44. The Morgan fingerprint density at radius 1 is 1.32 bits per heavy atom. The van der Waals surface area contributed by atoms with E-state index in [4.69, 9.17) is 5.73 Å². The Morgan fingerprint density at radius 3 is 2.74 bits per heavy atom. The van der Waals surface area contributed by atoms with Gasteiger partial charge in [0, 0.05) is 11.8 Å². The van der Waals surface area contributed by atoms with Crippen LogP contribution in [0.5, 0.6) is 0 Å². The van der Waals surface area contributed by atoms with Gasteiger partial charge in [0.15, 0.2) is 0 Å². The first kappa shape index (κ1) is 13.4. The van der Waals surface area contributed by atoms with Crippen LogP contribution in [0, 0.1) is 12.7 Å². The summed E-state index contributed by atoms with van der Waals surface area (Å²) in [7, 11) is 0. The molecule has 0 radical (unpaired) electrons. The number of halogens is 1. The maximum absolute atomic E-state index is 13.0. The van der Waals surface area contributed by atoms with Crippen LogP contribution in [0.4, 0.5) is 10.2 Å². The van der Waals surface area contributed by atoms with Gasteiger partial charge in [-0.2, -0.15) is 0 Å². The monoisotopic (exact) mass is 260 g/mol. The predicted molar refractivity (Wildman–Crippen MR) is 73.1 cm³/mol. The van der Waals surface area contributed by atoms with Crippen molar-refractivity contribution in [3.05, 3.63) is 53.2 Å². The summed E-state index contributed by atoms with van der Waals surface area (Å²) >= 11 is 0. The van der Waals surface area contributed by atoms with E-state index in [1.807, 2.05) is 19.9 Å². The van der Waals surface area contributed by atoms with Crippen molar-refractivity contribution in [2.75, 3.05) is 12.3 Å². The van der Waals surface area contributed by atoms with E-state index in [-0.39, 0.29) is 11.9 Å². The van der Waals surface area contributed by atoms with Crippen LogP contribution in [-0.4, -0.2) is 16.5 Å². The van der Waals surface area contributed by atoms with Crippen LogP contribution in [0.1, 0.15) is 29.8 Å². The van der Waals surface area contributed by atoms with Gasteiger partial charge in [0.2, 0.25) is 0 Å². The molecule has 2 aromatic heterocycles. The molecular weight excluding hydrogens is 243 g/mol. The molecule has 1 unspecified atom stereocenters. The quantitative estimate of drug-likeness (QED) is 0.884. The summed E-state index contributed by atoms with van der Waals surface area (Å²) in [5, 5.41) is 3.30. The van der Waals surface area contributed by atoms with Crippen molar-refractivity contribution >= 4 is 5.82 Å².